The van der Waals surface area contributed by atoms with Crippen LogP contribution in [-0.2, 0) is 22.6 Å². The molecule has 104 valence electrons. The van der Waals surface area contributed by atoms with Crippen LogP contribution in [0.5, 0.6) is 0 Å². The first-order valence-corrected chi connectivity index (χ1v) is 8.78. The molecule has 0 aliphatic carbocycles. The second kappa shape index (κ2) is 5.33. The van der Waals surface area contributed by atoms with Gasteiger partial charge in [0.1, 0.15) is 21.5 Å². The number of anilines is 1. The molecule has 0 spiro atoms. The van der Waals surface area contributed by atoms with Crippen LogP contribution in [-0.4, -0.2) is 45.9 Å². The van der Waals surface area contributed by atoms with Crippen molar-refractivity contribution < 1.29 is 8.42 Å². The third-order valence-electron chi connectivity index (χ3n) is 2.50. The number of sulfone groups is 1. The third kappa shape index (κ3) is 3.57. The fourth-order valence-electron chi connectivity index (χ4n) is 1.53. The van der Waals surface area contributed by atoms with Gasteiger partial charge in [-0.2, -0.15) is 16.9 Å². The van der Waals surface area contributed by atoms with Gasteiger partial charge in [-0.05, 0) is 0 Å². The van der Waals surface area contributed by atoms with Crippen LogP contribution in [0.1, 0.15) is 5.82 Å². The summed E-state index contributed by atoms with van der Waals surface area (Å²) in [4.78, 5) is 8.56. The lowest BCUT2D eigenvalue weighted by Crippen LogP contribution is -2.06. The van der Waals surface area contributed by atoms with Crippen molar-refractivity contribution in [3.63, 3.8) is 0 Å². The van der Waals surface area contributed by atoms with E-state index in [1.807, 2.05) is 0 Å². The molecular formula is C10H15N5O2S2. The zero-order valence-electron chi connectivity index (χ0n) is 10.7. The van der Waals surface area contributed by atoms with E-state index in [-0.39, 0.29) is 5.75 Å². The van der Waals surface area contributed by atoms with E-state index < -0.39 is 9.84 Å². The maximum atomic E-state index is 11.0. The van der Waals surface area contributed by atoms with Gasteiger partial charge in [-0.3, -0.25) is 4.68 Å². The molecule has 0 aromatic carbocycles. The first-order chi connectivity index (χ1) is 8.87. The molecule has 2 rings (SSSR count). The number of aromatic nitrogens is 4. The van der Waals surface area contributed by atoms with Crippen LogP contribution in [0.3, 0.4) is 0 Å². The largest absolute Gasteiger partial charge is 0.383 e. The molecule has 0 amide bonds. The maximum absolute atomic E-state index is 11.0. The maximum Gasteiger partial charge on any atom is 0.163 e. The monoisotopic (exact) mass is 301 g/mol. The fraction of sp³-hybridized carbons (Fsp3) is 0.500. The van der Waals surface area contributed by atoms with Crippen LogP contribution in [0.15, 0.2) is 6.20 Å². The van der Waals surface area contributed by atoms with E-state index in [4.69, 9.17) is 5.73 Å². The van der Waals surface area contributed by atoms with Crippen LogP contribution in [0.25, 0.3) is 11.0 Å². The predicted molar refractivity (Wildman–Crippen MR) is 76.6 cm³/mol. The fourth-order valence-corrected chi connectivity index (χ4v) is 3.67. The Bertz CT molecular complexity index is 695. The van der Waals surface area contributed by atoms with Crippen LogP contribution >= 0.6 is 11.8 Å². The quantitative estimate of drug-likeness (QED) is 0.788. The Labute approximate surface area is 115 Å². The van der Waals surface area contributed by atoms with E-state index in [2.05, 4.69) is 15.1 Å². The highest BCUT2D eigenvalue weighted by atomic mass is 32.2. The molecule has 0 unspecified atom stereocenters. The van der Waals surface area contributed by atoms with Gasteiger partial charge in [0.2, 0.25) is 0 Å². The van der Waals surface area contributed by atoms with Crippen molar-refractivity contribution in [1.29, 1.82) is 0 Å². The van der Waals surface area contributed by atoms with Crippen molar-refractivity contribution in [3.8, 4) is 0 Å². The lowest BCUT2D eigenvalue weighted by molar-refractivity contribution is 0.603. The van der Waals surface area contributed by atoms with E-state index in [9.17, 15) is 8.42 Å². The summed E-state index contributed by atoms with van der Waals surface area (Å²) in [6.45, 7) is 0. The van der Waals surface area contributed by atoms with Gasteiger partial charge in [0, 0.05) is 19.1 Å². The Hall–Kier alpha value is -1.35. The number of hydrogen-bond acceptors (Lipinski definition) is 7. The van der Waals surface area contributed by atoms with Gasteiger partial charge in [0.05, 0.1) is 23.1 Å². The molecule has 0 bridgehead atoms. The molecule has 2 heterocycles. The summed E-state index contributed by atoms with van der Waals surface area (Å²) in [7, 11) is -1.13. The van der Waals surface area contributed by atoms with E-state index in [0.717, 1.165) is 5.39 Å². The molecule has 0 saturated heterocycles. The minimum absolute atomic E-state index is 0.154. The van der Waals surface area contributed by atoms with Crippen molar-refractivity contribution in [2.75, 3.05) is 23.5 Å². The highest BCUT2D eigenvalue weighted by Gasteiger charge is 2.09. The van der Waals surface area contributed by atoms with Gasteiger partial charge >= 0.3 is 0 Å². The summed E-state index contributed by atoms with van der Waals surface area (Å²) in [5, 5.41) is 4.80. The van der Waals surface area contributed by atoms with Gasteiger partial charge in [0.15, 0.2) is 5.65 Å². The van der Waals surface area contributed by atoms with Crippen molar-refractivity contribution in [3.05, 3.63) is 12.0 Å². The van der Waals surface area contributed by atoms with Crippen molar-refractivity contribution in [1.82, 2.24) is 19.7 Å². The van der Waals surface area contributed by atoms with Gasteiger partial charge < -0.3 is 5.73 Å². The van der Waals surface area contributed by atoms with E-state index in [0.29, 0.717) is 28.8 Å². The molecule has 2 N–H and O–H groups in total. The summed E-state index contributed by atoms with van der Waals surface area (Å²) >= 11 is 1.47. The molecule has 7 nitrogen and oxygen atoms in total. The van der Waals surface area contributed by atoms with Crippen LogP contribution in [0.2, 0.25) is 0 Å². The second-order valence-electron chi connectivity index (χ2n) is 4.21. The SMILES string of the molecule is Cn1ncc2c(N)nc(CSCCS(C)(=O)=O)nc21. The van der Waals surface area contributed by atoms with E-state index >= 15 is 0 Å². The molecule has 2 aromatic rings. The first kappa shape index (κ1) is 14.1. The Kier molecular flexibility index (Phi) is 3.95. The van der Waals surface area contributed by atoms with Gasteiger partial charge in [-0.15, -0.1) is 0 Å². The highest BCUT2D eigenvalue weighted by molar-refractivity contribution is 7.99. The number of aryl methyl sites for hydroxylation is 1. The van der Waals surface area contributed by atoms with Crippen molar-refractivity contribution in [2.24, 2.45) is 7.05 Å². The van der Waals surface area contributed by atoms with Crippen LogP contribution in [0, 0.1) is 0 Å². The molecule has 0 aliphatic rings. The van der Waals surface area contributed by atoms with Gasteiger partial charge in [-0.25, -0.2) is 18.4 Å². The molecule has 19 heavy (non-hydrogen) atoms. The molecular weight excluding hydrogens is 286 g/mol. The summed E-state index contributed by atoms with van der Waals surface area (Å²) in [6, 6.07) is 0. The Morgan fingerprint density at radius 2 is 2.16 bits per heavy atom. The minimum atomic E-state index is -2.92. The number of fused-ring (bicyclic) bond motifs is 1. The summed E-state index contributed by atoms with van der Waals surface area (Å²) in [5.74, 6) is 2.19. The summed E-state index contributed by atoms with van der Waals surface area (Å²) in [6.07, 6.45) is 2.86. The first-order valence-electron chi connectivity index (χ1n) is 5.56. The zero-order valence-corrected chi connectivity index (χ0v) is 12.3. The lowest BCUT2D eigenvalue weighted by atomic mass is 10.4. The number of nitrogens with zero attached hydrogens (tertiary/aromatic N) is 4. The predicted octanol–water partition coefficient (Wildman–Crippen LogP) is 0.223. The summed E-state index contributed by atoms with van der Waals surface area (Å²) in [5.41, 5.74) is 6.52. The molecule has 0 aliphatic heterocycles. The summed E-state index contributed by atoms with van der Waals surface area (Å²) < 4.78 is 23.6. The minimum Gasteiger partial charge on any atom is -0.383 e. The van der Waals surface area contributed by atoms with Crippen LogP contribution in [0.4, 0.5) is 5.82 Å². The Morgan fingerprint density at radius 3 is 2.84 bits per heavy atom. The number of rotatable bonds is 5. The zero-order chi connectivity index (χ0) is 14.0. The Morgan fingerprint density at radius 1 is 1.42 bits per heavy atom. The third-order valence-corrected chi connectivity index (χ3v) is 4.66. The van der Waals surface area contributed by atoms with Crippen molar-refractivity contribution in [2.45, 2.75) is 5.75 Å². The van der Waals surface area contributed by atoms with Crippen LogP contribution < -0.4 is 5.73 Å². The average Bonchev–Trinajstić information content (AvgIpc) is 2.66. The second-order valence-corrected chi connectivity index (χ2v) is 7.58. The van der Waals surface area contributed by atoms with E-state index in [1.54, 1.807) is 17.9 Å². The van der Waals surface area contributed by atoms with Gasteiger partial charge in [-0.1, -0.05) is 0 Å². The van der Waals surface area contributed by atoms with Crippen molar-refractivity contribution >= 4 is 38.5 Å². The molecule has 0 atom stereocenters. The Balaban J connectivity index is 2.07. The topological polar surface area (TPSA) is 104 Å². The molecule has 0 fully saturated rings. The lowest BCUT2D eigenvalue weighted by Gasteiger charge is -2.03. The smallest absolute Gasteiger partial charge is 0.163 e. The standard InChI is InChI=1S/C10H15N5O2S2/c1-15-10-7(5-12-15)9(11)13-8(14-10)6-18-3-4-19(2,16)17/h5H,3-4,6H2,1-2H3,(H2,11,13,14). The van der Waals surface area contributed by atoms with Gasteiger partial charge in [0.25, 0.3) is 0 Å². The highest BCUT2D eigenvalue weighted by Crippen LogP contribution is 2.18. The number of hydrogen-bond donors (Lipinski definition) is 1. The number of thioether (sulfide) groups is 1. The molecule has 0 saturated carbocycles. The average molecular weight is 301 g/mol. The molecule has 2 aromatic heterocycles. The number of nitrogen functional groups attached to an aromatic ring is 1. The normalized spacial score (nSPS) is 12.1. The number of nitrogens with two attached hydrogens (primary N) is 1. The molecule has 9 heteroatoms. The van der Waals surface area contributed by atoms with E-state index in [1.165, 1.54) is 18.0 Å². The molecule has 0 radical (unpaired) electrons.